The van der Waals surface area contributed by atoms with Crippen LogP contribution in [0.5, 0.6) is 5.75 Å². The molecule has 0 bridgehead atoms. The molecule has 1 aliphatic heterocycles. The second-order valence-electron chi connectivity index (χ2n) is 6.04. The van der Waals surface area contributed by atoms with E-state index >= 15 is 0 Å². The van der Waals surface area contributed by atoms with Crippen LogP contribution in [-0.4, -0.2) is 57.9 Å². The largest absolute Gasteiger partial charge is 0.494 e. The van der Waals surface area contributed by atoms with Crippen molar-refractivity contribution < 1.29 is 42.2 Å². The van der Waals surface area contributed by atoms with E-state index in [1.54, 1.807) is 0 Å². The molecule has 1 heterocycles. The molecule has 28 heavy (non-hydrogen) atoms. The van der Waals surface area contributed by atoms with Crippen molar-refractivity contribution >= 4 is 11.6 Å². The van der Waals surface area contributed by atoms with E-state index in [9.17, 15) is 20.4 Å². The summed E-state index contributed by atoms with van der Waals surface area (Å²) in [6.07, 6.45) is -15.5. The lowest BCUT2D eigenvalue weighted by Gasteiger charge is -2.40. The first-order chi connectivity index (χ1) is 16.7. The van der Waals surface area contributed by atoms with Crippen molar-refractivity contribution in [1.29, 1.82) is 0 Å². The summed E-state index contributed by atoms with van der Waals surface area (Å²) in [5.74, 6) is -0.0343. The van der Waals surface area contributed by atoms with Gasteiger partial charge < -0.3 is 29.9 Å². The Morgan fingerprint density at radius 1 is 1.14 bits per heavy atom. The van der Waals surface area contributed by atoms with Gasteiger partial charge in [0.15, 0.2) is 0 Å². The van der Waals surface area contributed by atoms with E-state index in [0.29, 0.717) is 11.1 Å². The van der Waals surface area contributed by atoms with E-state index in [4.69, 9.17) is 33.4 Å². The first-order valence-electron chi connectivity index (χ1n) is 12.7. The van der Waals surface area contributed by atoms with Crippen LogP contribution in [0.25, 0.3) is 0 Å². The van der Waals surface area contributed by atoms with Crippen molar-refractivity contribution in [2.45, 2.75) is 43.7 Å². The molecule has 7 heteroatoms. The molecule has 0 aliphatic carbocycles. The van der Waals surface area contributed by atoms with Gasteiger partial charge in [0.1, 0.15) is 36.2 Å². The van der Waals surface area contributed by atoms with Gasteiger partial charge in [-0.15, -0.1) is 0 Å². The van der Waals surface area contributed by atoms with Crippen molar-refractivity contribution in [3.8, 4) is 5.75 Å². The molecular weight excluding hydrogens is 384 g/mol. The van der Waals surface area contributed by atoms with E-state index < -0.39 is 50.4 Å². The molecule has 3 rings (SSSR count). The smallest absolute Gasteiger partial charge is 0.119 e. The molecule has 5 atom stereocenters. The number of hydrogen-bond donors (Lipinski definition) is 4. The number of aliphatic hydroxyl groups excluding tert-OH is 1. The highest BCUT2D eigenvalue weighted by Gasteiger charge is 2.43. The quantitative estimate of drug-likeness (QED) is 0.572. The number of ether oxygens (including phenoxy) is 2. The molecule has 0 aromatic heterocycles. The highest BCUT2D eigenvalue weighted by Crippen LogP contribution is 2.34. The van der Waals surface area contributed by atoms with E-state index in [0.717, 1.165) is 0 Å². The number of aliphatic hydroxyl groups is 4. The van der Waals surface area contributed by atoms with Crippen molar-refractivity contribution in [2.24, 2.45) is 0 Å². The Hall–Kier alpha value is -1.67. The number of halogens is 1. The summed E-state index contributed by atoms with van der Waals surface area (Å²) in [6, 6.07) is 9.76. The number of rotatable bonds is 6. The summed E-state index contributed by atoms with van der Waals surface area (Å²) < 4.78 is 78.9. The van der Waals surface area contributed by atoms with Crippen LogP contribution in [0.3, 0.4) is 0 Å². The van der Waals surface area contributed by atoms with Crippen LogP contribution in [0.1, 0.15) is 42.0 Å². The van der Waals surface area contributed by atoms with Gasteiger partial charge in [-0.1, -0.05) is 35.9 Å². The maximum Gasteiger partial charge on any atom is 0.119 e. The van der Waals surface area contributed by atoms with E-state index in [1.165, 1.54) is 42.5 Å². The molecule has 1 aliphatic rings. The van der Waals surface area contributed by atoms with Gasteiger partial charge in [0.05, 0.1) is 21.4 Å². The zero-order valence-corrected chi connectivity index (χ0v) is 15.3. The van der Waals surface area contributed by atoms with Gasteiger partial charge >= 0.3 is 0 Å². The monoisotopic (exact) mass is 417 g/mol. The van der Waals surface area contributed by atoms with Gasteiger partial charge in [-0.2, -0.15) is 0 Å². The molecule has 2 aromatic carbocycles. The first-order valence-corrected chi connectivity index (χ1v) is 8.60. The number of benzene rings is 2. The van der Waals surface area contributed by atoms with Crippen LogP contribution in [0.4, 0.5) is 0 Å². The SMILES string of the molecule is [2H]C([2H])([2H])C([2H])([2H])Oc1ccc(Cc2cc([C@@H]3O[C@]([2H])(CO)[C@@]([2H])(O)[C@]([2H])(O)[C@@]3([2H])O)ccc2Cl)cc1. The molecule has 2 aromatic rings. The molecule has 0 radical (unpaired) electrons. The minimum Gasteiger partial charge on any atom is -0.494 e. The van der Waals surface area contributed by atoms with Crippen LogP contribution >= 0.6 is 11.6 Å². The minimum absolute atomic E-state index is 0.0343. The average molecular weight is 418 g/mol. The van der Waals surface area contributed by atoms with E-state index in [-0.39, 0.29) is 22.8 Å². The minimum atomic E-state index is -3.68. The summed E-state index contributed by atoms with van der Waals surface area (Å²) in [5.41, 5.74) is 0.952. The highest BCUT2D eigenvalue weighted by atomic mass is 35.5. The predicted octanol–water partition coefficient (Wildman–Crippen LogP) is 1.84. The Bertz CT molecular complexity index is 1140. The summed E-state index contributed by atoms with van der Waals surface area (Å²) in [5, 5.41) is 41.1. The molecule has 0 saturated carbocycles. The fourth-order valence-electron chi connectivity index (χ4n) is 2.82. The highest BCUT2D eigenvalue weighted by molar-refractivity contribution is 6.31. The standard InChI is InChI=1S/C21H25ClO6/c1-2-27-15-6-3-12(4-7-15)9-14-10-13(5-8-16(14)22)21-20(26)19(25)18(24)17(11-23)28-21/h3-8,10,17-21,23-26H,2,9,11H2,1H3/t17-,18-,19+,20-,21+/m1/s1/i1D3,2D2,17D,18D,19D,20D. The zero-order valence-electron chi connectivity index (χ0n) is 23.5. The van der Waals surface area contributed by atoms with Crippen LogP contribution in [0.15, 0.2) is 42.5 Å². The van der Waals surface area contributed by atoms with Gasteiger partial charge in [-0.05, 0) is 48.2 Å². The van der Waals surface area contributed by atoms with Crippen LogP contribution in [0, 0.1) is 0 Å². The summed E-state index contributed by atoms with van der Waals surface area (Å²) >= 11 is 6.29. The third kappa shape index (κ3) is 4.49. The van der Waals surface area contributed by atoms with E-state index in [2.05, 4.69) is 0 Å². The van der Waals surface area contributed by atoms with Crippen molar-refractivity contribution in [3.05, 3.63) is 64.2 Å². The summed E-state index contributed by atoms with van der Waals surface area (Å²) in [7, 11) is 0. The molecule has 152 valence electrons. The van der Waals surface area contributed by atoms with Crippen molar-refractivity contribution in [2.75, 3.05) is 13.2 Å². The Morgan fingerprint density at radius 2 is 1.89 bits per heavy atom. The van der Waals surface area contributed by atoms with Gasteiger partial charge in [0.25, 0.3) is 0 Å². The van der Waals surface area contributed by atoms with Gasteiger partial charge in [0, 0.05) is 9.13 Å². The fourth-order valence-corrected chi connectivity index (χ4v) is 3.00. The fraction of sp³-hybridized carbons (Fsp3) is 0.429. The Kier molecular flexibility index (Phi) is 3.99. The second-order valence-corrected chi connectivity index (χ2v) is 6.44. The topological polar surface area (TPSA) is 99.4 Å². The molecular formula is C21H25ClO6. The predicted molar refractivity (Wildman–Crippen MR) is 105 cm³/mol. The third-order valence-electron chi connectivity index (χ3n) is 4.24. The van der Waals surface area contributed by atoms with Crippen LogP contribution in [-0.2, 0) is 11.2 Å². The lowest BCUT2D eigenvalue weighted by atomic mass is 9.90. The number of hydrogen-bond acceptors (Lipinski definition) is 6. The van der Waals surface area contributed by atoms with Gasteiger partial charge in [0.2, 0.25) is 0 Å². The van der Waals surface area contributed by atoms with Gasteiger partial charge in [-0.3, -0.25) is 0 Å². The molecule has 0 unspecified atom stereocenters. The maximum atomic E-state index is 10.7. The lowest BCUT2D eigenvalue weighted by molar-refractivity contribution is -0.231. The Labute approximate surface area is 181 Å². The van der Waals surface area contributed by atoms with Crippen molar-refractivity contribution in [3.63, 3.8) is 0 Å². The zero-order chi connectivity index (χ0) is 28.2. The molecule has 0 spiro atoms. The molecule has 1 saturated heterocycles. The molecule has 1 fully saturated rings. The molecule has 0 amide bonds. The van der Waals surface area contributed by atoms with Crippen molar-refractivity contribution in [1.82, 2.24) is 0 Å². The van der Waals surface area contributed by atoms with Gasteiger partial charge in [-0.25, -0.2) is 0 Å². The summed E-state index contributed by atoms with van der Waals surface area (Å²) in [6.45, 7) is -7.25. The maximum absolute atomic E-state index is 10.7. The Balaban J connectivity index is 1.91. The normalized spacial score (nSPS) is 43.8. The first kappa shape index (κ1) is 12.1. The average Bonchev–Trinajstić information content (AvgIpc) is 2.78. The molecule has 6 nitrogen and oxygen atoms in total. The van der Waals surface area contributed by atoms with E-state index in [1.807, 2.05) is 0 Å². The molecule has 4 N–H and O–H groups in total. The third-order valence-corrected chi connectivity index (χ3v) is 4.61. The van der Waals surface area contributed by atoms with Crippen LogP contribution in [0.2, 0.25) is 5.02 Å². The van der Waals surface area contributed by atoms with Crippen LogP contribution < -0.4 is 4.74 Å². The second kappa shape index (κ2) is 9.22. The Morgan fingerprint density at radius 3 is 2.57 bits per heavy atom. The lowest BCUT2D eigenvalue weighted by Crippen LogP contribution is -2.55. The summed E-state index contributed by atoms with van der Waals surface area (Å²) in [4.78, 5) is 0.